The Labute approximate surface area is 194 Å². The Bertz CT molecular complexity index is 1320. The molecule has 0 saturated carbocycles. The topological polar surface area (TPSA) is 66.2 Å². The summed E-state index contributed by atoms with van der Waals surface area (Å²) in [5.74, 6) is 1.40. The van der Waals surface area contributed by atoms with Gasteiger partial charge in [0.25, 0.3) is 5.56 Å². The van der Waals surface area contributed by atoms with E-state index in [0.29, 0.717) is 18.9 Å². The molecule has 5 rings (SSSR count). The van der Waals surface area contributed by atoms with Crippen molar-refractivity contribution in [2.45, 2.75) is 45.6 Å². The number of thiophene rings is 1. The molecule has 166 valence electrons. The van der Waals surface area contributed by atoms with Crippen LogP contribution in [0.25, 0.3) is 20.8 Å². The Morgan fingerprint density at radius 3 is 2.88 bits per heavy atom. The maximum absolute atomic E-state index is 13.3. The SMILES string of the molecule is CCOc1ccc(-c2nc(Cn3cnc4sc5c(c4c3=O)CCCCC5)cs2)cc1OC. The van der Waals surface area contributed by atoms with Crippen molar-refractivity contribution in [1.82, 2.24) is 14.5 Å². The van der Waals surface area contributed by atoms with Gasteiger partial charge in [-0.05, 0) is 56.4 Å². The lowest BCUT2D eigenvalue weighted by atomic mass is 10.1. The minimum Gasteiger partial charge on any atom is -0.493 e. The fourth-order valence-electron chi connectivity index (χ4n) is 4.23. The second-order valence-corrected chi connectivity index (χ2v) is 9.81. The van der Waals surface area contributed by atoms with Crippen molar-refractivity contribution in [2.75, 3.05) is 13.7 Å². The van der Waals surface area contributed by atoms with Gasteiger partial charge in [0.05, 0.1) is 37.7 Å². The zero-order chi connectivity index (χ0) is 22.1. The molecule has 0 atom stereocenters. The highest BCUT2D eigenvalue weighted by Crippen LogP contribution is 2.34. The van der Waals surface area contributed by atoms with Gasteiger partial charge in [0.1, 0.15) is 9.84 Å². The number of fused-ring (bicyclic) bond motifs is 3. The monoisotopic (exact) mass is 467 g/mol. The average molecular weight is 468 g/mol. The number of aromatic nitrogens is 3. The van der Waals surface area contributed by atoms with Gasteiger partial charge in [-0.2, -0.15) is 0 Å². The quantitative estimate of drug-likeness (QED) is 0.360. The Morgan fingerprint density at radius 2 is 2.03 bits per heavy atom. The molecular weight excluding hydrogens is 442 g/mol. The Morgan fingerprint density at radius 1 is 1.16 bits per heavy atom. The van der Waals surface area contributed by atoms with Gasteiger partial charge in [-0.1, -0.05) is 6.42 Å². The first-order valence-electron chi connectivity index (χ1n) is 10.9. The van der Waals surface area contributed by atoms with Crippen molar-refractivity contribution in [3.63, 3.8) is 0 Å². The van der Waals surface area contributed by atoms with E-state index < -0.39 is 0 Å². The van der Waals surface area contributed by atoms with Crippen LogP contribution < -0.4 is 15.0 Å². The molecule has 0 radical (unpaired) electrons. The van der Waals surface area contributed by atoms with Crippen LogP contribution in [-0.2, 0) is 19.4 Å². The smallest absolute Gasteiger partial charge is 0.262 e. The molecule has 1 aliphatic rings. The summed E-state index contributed by atoms with van der Waals surface area (Å²) >= 11 is 3.25. The number of benzene rings is 1. The van der Waals surface area contributed by atoms with Crippen molar-refractivity contribution in [2.24, 2.45) is 0 Å². The number of aryl methyl sites for hydroxylation is 2. The molecule has 0 N–H and O–H groups in total. The molecule has 0 bridgehead atoms. The van der Waals surface area contributed by atoms with E-state index in [1.807, 2.05) is 30.5 Å². The van der Waals surface area contributed by atoms with Gasteiger partial charge in [-0.15, -0.1) is 22.7 Å². The van der Waals surface area contributed by atoms with Gasteiger partial charge >= 0.3 is 0 Å². The molecule has 0 amide bonds. The number of rotatable bonds is 6. The van der Waals surface area contributed by atoms with Gasteiger partial charge in [0, 0.05) is 15.8 Å². The van der Waals surface area contributed by atoms with Crippen molar-refractivity contribution in [3.8, 4) is 22.1 Å². The van der Waals surface area contributed by atoms with Crippen molar-refractivity contribution >= 4 is 32.9 Å². The summed E-state index contributed by atoms with van der Waals surface area (Å²) < 4.78 is 12.8. The molecule has 4 aromatic rings. The molecule has 0 saturated heterocycles. The van der Waals surface area contributed by atoms with E-state index in [-0.39, 0.29) is 5.56 Å². The van der Waals surface area contributed by atoms with Gasteiger partial charge in [0.2, 0.25) is 0 Å². The van der Waals surface area contributed by atoms with E-state index in [2.05, 4.69) is 4.98 Å². The normalized spacial score (nSPS) is 13.7. The number of hydrogen-bond acceptors (Lipinski definition) is 7. The van der Waals surface area contributed by atoms with Crippen LogP contribution in [0.15, 0.2) is 34.7 Å². The van der Waals surface area contributed by atoms with E-state index >= 15 is 0 Å². The van der Waals surface area contributed by atoms with E-state index in [1.54, 1.807) is 40.7 Å². The Kier molecular flexibility index (Phi) is 5.97. The number of ether oxygens (including phenoxy) is 2. The number of nitrogens with zero attached hydrogens (tertiary/aromatic N) is 3. The highest BCUT2D eigenvalue weighted by molar-refractivity contribution is 7.18. The lowest BCUT2D eigenvalue weighted by Gasteiger charge is -2.10. The standard InChI is InChI=1S/C24H25N3O3S2/c1-3-30-18-10-9-15(11-19(18)29-2)22-26-16(13-31-22)12-27-14-25-23-21(24(27)28)17-7-5-4-6-8-20(17)32-23/h9-11,13-14H,3-8,12H2,1-2H3. The number of methoxy groups -OCH3 is 1. The predicted octanol–water partition coefficient (Wildman–Crippen LogP) is 5.31. The average Bonchev–Trinajstić information content (AvgIpc) is 3.34. The maximum atomic E-state index is 13.3. The molecule has 0 spiro atoms. The number of hydrogen-bond donors (Lipinski definition) is 0. The molecule has 3 heterocycles. The fourth-order valence-corrected chi connectivity index (χ4v) is 6.26. The third-order valence-electron chi connectivity index (χ3n) is 5.79. The molecule has 32 heavy (non-hydrogen) atoms. The molecule has 0 aliphatic heterocycles. The van der Waals surface area contributed by atoms with Crippen LogP contribution in [0, 0.1) is 0 Å². The highest BCUT2D eigenvalue weighted by Gasteiger charge is 2.19. The zero-order valence-electron chi connectivity index (χ0n) is 18.2. The second kappa shape index (κ2) is 9.03. The van der Waals surface area contributed by atoms with Gasteiger partial charge in [0.15, 0.2) is 11.5 Å². The fraction of sp³-hybridized carbons (Fsp3) is 0.375. The molecule has 1 aromatic carbocycles. The van der Waals surface area contributed by atoms with Crippen LogP contribution in [-0.4, -0.2) is 28.3 Å². The van der Waals surface area contributed by atoms with E-state index in [9.17, 15) is 4.79 Å². The van der Waals surface area contributed by atoms with Gasteiger partial charge in [-0.25, -0.2) is 9.97 Å². The summed E-state index contributed by atoms with van der Waals surface area (Å²) in [6, 6.07) is 5.83. The van der Waals surface area contributed by atoms with E-state index in [0.717, 1.165) is 51.5 Å². The van der Waals surface area contributed by atoms with Crippen LogP contribution in [0.5, 0.6) is 11.5 Å². The largest absolute Gasteiger partial charge is 0.493 e. The van der Waals surface area contributed by atoms with Crippen molar-refractivity contribution < 1.29 is 9.47 Å². The molecule has 3 aromatic heterocycles. The first-order chi connectivity index (χ1) is 15.7. The van der Waals surface area contributed by atoms with Crippen LogP contribution in [0.1, 0.15) is 42.3 Å². The summed E-state index contributed by atoms with van der Waals surface area (Å²) in [7, 11) is 1.63. The maximum Gasteiger partial charge on any atom is 0.262 e. The molecule has 8 heteroatoms. The van der Waals surface area contributed by atoms with Crippen LogP contribution >= 0.6 is 22.7 Å². The van der Waals surface area contributed by atoms with Crippen LogP contribution in [0.4, 0.5) is 0 Å². The summed E-state index contributed by atoms with van der Waals surface area (Å²) in [5.41, 5.74) is 3.09. The highest BCUT2D eigenvalue weighted by atomic mass is 32.1. The molecule has 6 nitrogen and oxygen atoms in total. The van der Waals surface area contributed by atoms with Gasteiger partial charge in [-0.3, -0.25) is 9.36 Å². The lowest BCUT2D eigenvalue weighted by Crippen LogP contribution is -2.21. The van der Waals surface area contributed by atoms with Crippen LogP contribution in [0.2, 0.25) is 0 Å². The second-order valence-electron chi connectivity index (χ2n) is 7.86. The van der Waals surface area contributed by atoms with E-state index in [1.165, 1.54) is 23.3 Å². The van der Waals surface area contributed by atoms with Crippen molar-refractivity contribution in [1.29, 1.82) is 0 Å². The zero-order valence-corrected chi connectivity index (χ0v) is 19.9. The minimum absolute atomic E-state index is 0.0479. The summed E-state index contributed by atoms with van der Waals surface area (Å²) in [4.78, 5) is 24.9. The molecule has 1 aliphatic carbocycles. The minimum atomic E-state index is 0.0479. The van der Waals surface area contributed by atoms with Gasteiger partial charge < -0.3 is 9.47 Å². The number of thiazole rings is 1. The first kappa shape index (κ1) is 21.2. The summed E-state index contributed by atoms with van der Waals surface area (Å²) in [5, 5.41) is 3.71. The summed E-state index contributed by atoms with van der Waals surface area (Å²) in [6.07, 6.45) is 7.29. The van der Waals surface area contributed by atoms with E-state index in [4.69, 9.17) is 14.5 Å². The van der Waals surface area contributed by atoms with Crippen molar-refractivity contribution in [3.05, 3.63) is 56.4 Å². The Hall–Kier alpha value is -2.71. The molecular formula is C24H25N3O3S2. The molecule has 0 unspecified atom stereocenters. The third kappa shape index (κ3) is 3.93. The Balaban J connectivity index is 1.44. The summed E-state index contributed by atoms with van der Waals surface area (Å²) in [6.45, 7) is 2.94. The van der Waals surface area contributed by atoms with Crippen LogP contribution in [0.3, 0.4) is 0 Å². The lowest BCUT2D eigenvalue weighted by molar-refractivity contribution is 0.311. The first-order valence-corrected chi connectivity index (χ1v) is 12.6. The predicted molar refractivity (Wildman–Crippen MR) is 130 cm³/mol. The third-order valence-corrected chi connectivity index (χ3v) is 7.93. The molecule has 0 fully saturated rings.